The molecule has 0 aliphatic carbocycles. The van der Waals surface area contributed by atoms with Gasteiger partial charge in [0.1, 0.15) is 16.8 Å². The Morgan fingerprint density at radius 1 is 1.45 bits per heavy atom. The fourth-order valence-electron chi connectivity index (χ4n) is 1.75. The smallest absolute Gasteiger partial charge is 0.192 e. The molecule has 0 aromatic heterocycles. The molecule has 1 aliphatic rings. The van der Waals surface area contributed by atoms with Gasteiger partial charge in [-0.1, -0.05) is 18.2 Å². The van der Waals surface area contributed by atoms with Gasteiger partial charge in [0.15, 0.2) is 5.70 Å². The fourth-order valence-corrected chi connectivity index (χ4v) is 3.08. The lowest BCUT2D eigenvalue weighted by Crippen LogP contribution is -2.41. The van der Waals surface area contributed by atoms with E-state index in [1.165, 1.54) is 0 Å². The Bertz CT molecular complexity index is 579. The maximum absolute atomic E-state index is 9.28. The molecule has 20 heavy (non-hydrogen) atoms. The monoisotopic (exact) mass is 288 g/mol. The predicted molar refractivity (Wildman–Crippen MR) is 79.2 cm³/mol. The van der Waals surface area contributed by atoms with Crippen LogP contribution in [0.15, 0.2) is 51.3 Å². The lowest BCUT2D eigenvalue weighted by atomic mass is 10.3. The van der Waals surface area contributed by atoms with E-state index >= 15 is 0 Å². The van der Waals surface area contributed by atoms with Crippen molar-refractivity contribution in [3.63, 3.8) is 0 Å². The first-order chi connectivity index (χ1) is 9.60. The normalized spacial score (nSPS) is 25.0. The number of thioether (sulfide) groups is 1. The molecule has 1 aromatic carbocycles. The summed E-state index contributed by atoms with van der Waals surface area (Å²) in [6.45, 7) is 1.98. The number of nitrogens with zero attached hydrogens (tertiary/aromatic N) is 4. The number of benzene rings is 1. The van der Waals surface area contributed by atoms with Gasteiger partial charge in [0.05, 0.1) is 5.69 Å². The molecule has 0 N–H and O–H groups in total. The molecular weight excluding hydrogens is 272 g/mol. The van der Waals surface area contributed by atoms with Crippen molar-refractivity contribution in [2.75, 3.05) is 19.9 Å². The molecule has 1 unspecified atom stereocenters. The van der Waals surface area contributed by atoms with Gasteiger partial charge in [0.25, 0.3) is 0 Å². The highest BCUT2D eigenvalue weighted by molar-refractivity contribution is 8.03. The topological polar surface area (TPSA) is 61.0 Å². The molecule has 2 rings (SSSR count). The van der Waals surface area contributed by atoms with Gasteiger partial charge < -0.3 is 9.64 Å². The van der Waals surface area contributed by atoms with Crippen LogP contribution in [0, 0.1) is 11.3 Å². The van der Waals surface area contributed by atoms with E-state index in [1.807, 2.05) is 49.2 Å². The first-order valence-corrected chi connectivity index (χ1v) is 7.12. The first-order valence-electron chi connectivity index (χ1n) is 6.13. The molecular formula is C14H16N4OS. The second-order valence-corrected chi connectivity index (χ2v) is 5.49. The van der Waals surface area contributed by atoms with E-state index in [1.54, 1.807) is 18.9 Å². The summed E-state index contributed by atoms with van der Waals surface area (Å²) in [5.41, 5.74) is 0.618. The van der Waals surface area contributed by atoms with Crippen LogP contribution in [0.5, 0.6) is 0 Å². The largest absolute Gasteiger partial charge is 0.358 e. The van der Waals surface area contributed by atoms with E-state index < -0.39 is 5.72 Å². The van der Waals surface area contributed by atoms with Crippen molar-refractivity contribution in [1.29, 1.82) is 5.26 Å². The van der Waals surface area contributed by atoms with Gasteiger partial charge >= 0.3 is 0 Å². The summed E-state index contributed by atoms with van der Waals surface area (Å²) in [7, 11) is 3.56. The van der Waals surface area contributed by atoms with Crippen LogP contribution in [0.2, 0.25) is 0 Å². The summed E-state index contributed by atoms with van der Waals surface area (Å²) in [5.74, 6) is 0.751. The zero-order chi connectivity index (χ0) is 14.6. The van der Waals surface area contributed by atoms with E-state index in [-0.39, 0.29) is 0 Å². The van der Waals surface area contributed by atoms with E-state index in [2.05, 4.69) is 16.3 Å². The summed E-state index contributed by atoms with van der Waals surface area (Å²) < 4.78 is 5.49. The van der Waals surface area contributed by atoms with Gasteiger partial charge in [-0.05, 0) is 19.1 Å². The molecule has 6 heteroatoms. The van der Waals surface area contributed by atoms with Crippen molar-refractivity contribution in [1.82, 2.24) is 4.90 Å². The Morgan fingerprint density at radius 2 is 2.15 bits per heavy atom. The Kier molecular flexibility index (Phi) is 4.42. The van der Waals surface area contributed by atoms with Crippen LogP contribution in [0.1, 0.15) is 6.92 Å². The zero-order valence-corrected chi connectivity index (χ0v) is 12.5. The zero-order valence-electron chi connectivity index (χ0n) is 11.7. The molecule has 1 atom stereocenters. The number of nitriles is 1. The number of rotatable bonds is 3. The minimum atomic E-state index is -0.412. The summed E-state index contributed by atoms with van der Waals surface area (Å²) >= 11 is 1.55. The molecule has 1 fully saturated rings. The van der Waals surface area contributed by atoms with E-state index in [0.717, 1.165) is 16.5 Å². The van der Waals surface area contributed by atoms with Crippen molar-refractivity contribution < 1.29 is 4.74 Å². The van der Waals surface area contributed by atoms with Crippen LogP contribution >= 0.6 is 11.8 Å². The van der Waals surface area contributed by atoms with Crippen LogP contribution in [0.25, 0.3) is 0 Å². The number of hydrogen-bond acceptors (Lipinski definition) is 6. The third kappa shape index (κ3) is 2.84. The summed E-state index contributed by atoms with van der Waals surface area (Å²) in [5, 5.41) is 18.2. The molecule has 0 radical (unpaired) electrons. The van der Waals surface area contributed by atoms with E-state index in [4.69, 9.17) is 4.74 Å². The van der Waals surface area contributed by atoms with Gasteiger partial charge in [-0.2, -0.15) is 5.26 Å². The van der Waals surface area contributed by atoms with Crippen LogP contribution in [0.4, 0.5) is 5.69 Å². The van der Waals surface area contributed by atoms with Gasteiger partial charge in [0, 0.05) is 19.9 Å². The summed E-state index contributed by atoms with van der Waals surface area (Å²) in [6.07, 6.45) is 0. The Hall–Kier alpha value is -1.84. The molecule has 0 saturated carbocycles. The van der Waals surface area contributed by atoms with Gasteiger partial charge in [-0.25, -0.2) is 0 Å². The van der Waals surface area contributed by atoms with Crippen LogP contribution in [-0.2, 0) is 4.74 Å². The highest BCUT2D eigenvalue weighted by Crippen LogP contribution is 2.40. The minimum Gasteiger partial charge on any atom is -0.358 e. The number of ether oxygens (including phenoxy) is 1. The molecule has 0 amide bonds. The van der Waals surface area contributed by atoms with Crippen LogP contribution in [-0.4, -0.2) is 30.5 Å². The van der Waals surface area contributed by atoms with Crippen molar-refractivity contribution >= 4 is 17.4 Å². The SMILES string of the molecule is COC1(C)CSC(=C(C#N)N=Nc2ccccc2)N1C. The summed E-state index contributed by atoms with van der Waals surface area (Å²) in [6, 6.07) is 11.5. The minimum absolute atomic E-state index is 0.308. The molecule has 0 bridgehead atoms. The standard InChI is InChI=1S/C14H16N4OS/c1-14(19-3)10-20-13(18(14)2)12(9-15)17-16-11-7-5-4-6-8-11/h4-8H,10H2,1-3H3. The molecule has 1 saturated heterocycles. The number of hydrogen-bond donors (Lipinski definition) is 0. The third-order valence-corrected chi connectivity index (χ3v) is 4.68. The maximum atomic E-state index is 9.28. The van der Waals surface area contributed by atoms with Gasteiger partial charge in [-0.3, -0.25) is 0 Å². The van der Waals surface area contributed by atoms with Gasteiger partial charge in [0.2, 0.25) is 0 Å². The predicted octanol–water partition coefficient (Wildman–Crippen LogP) is 3.50. The number of azo groups is 1. The Balaban J connectivity index is 2.27. The molecule has 1 aromatic rings. The average Bonchev–Trinajstić information content (AvgIpc) is 2.78. The molecule has 5 nitrogen and oxygen atoms in total. The highest BCUT2D eigenvalue weighted by atomic mass is 32.2. The second-order valence-electron chi connectivity index (χ2n) is 4.53. The van der Waals surface area contributed by atoms with Crippen LogP contribution < -0.4 is 0 Å². The number of methoxy groups -OCH3 is 1. The summed E-state index contributed by atoms with van der Waals surface area (Å²) in [4.78, 5) is 1.93. The van der Waals surface area contributed by atoms with Gasteiger partial charge in [-0.15, -0.1) is 22.0 Å². The highest BCUT2D eigenvalue weighted by Gasteiger charge is 2.39. The molecule has 0 spiro atoms. The van der Waals surface area contributed by atoms with Crippen molar-refractivity contribution in [3.8, 4) is 6.07 Å². The number of allylic oxidation sites excluding steroid dienone is 1. The average molecular weight is 288 g/mol. The quantitative estimate of drug-likeness (QED) is 0.631. The van der Waals surface area contributed by atoms with Crippen molar-refractivity contribution in [2.24, 2.45) is 10.2 Å². The molecule has 104 valence electrons. The van der Waals surface area contributed by atoms with E-state index in [9.17, 15) is 5.26 Å². The van der Waals surface area contributed by atoms with E-state index in [0.29, 0.717) is 5.70 Å². The molecule has 1 heterocycles. The van der Waals surface area contributed by atoms with Crippen molar-refractivity contribution in [3.05, 3.63) is 41.1 Å². The van der Waals surface area contributed by atoms with Crippen molar-refractivity contribution in [2.45, 2.75) is 12.6 Å². The Morgan fingerprint density at radius 3 is 2.70 bits per heavy atom. The second kappa shape index (κ2) is 6.07. The molecule has 1 aliphatic heterocycles. The lowest BCUT2D eigenvalue weighted by molar-refractivity contribution is -0.0650. The maximum Gasteiger partial charge on any atom is 0.192 e. The first kappa shape index (κ1) is 14.6. The third-order valence-electron chi connectivity index (χ3n) is 3.26. The Labute approximate surface area is 122 Å². The van der Waals surface area contributed by atoms with Crippen LogP contribution in [0.3, 0.4) is 0 Å². The fraction of sp³-hybridized carbons (Fsp3) is 0.357. The lowest BCUT2D eigenvalue weighted by Gasteiger charge is -2.31.